The second-order valence-corrected chi connectivity index (χ2v) is 3.81. The lowest BCUT2D eigenvalue weighted by molar-refractivity contribution is 0.402. The highest BCUT2D eigenvalue weighted by atomic mass is 19.1. The minimum absolute atomic E-state index is 0.147. The molecule has 1 saturated heterocycles. The van der Waals surface area contributed by atoms with Gasteiger partial charge in [-0.3, -0.25) is 0 Å². The van der Waals surface area contributed by atoms with Gasteiger partial charge in [-0.1, -0.05) is 12.1 Å². The van der Waals surface area contributed by atoms with Crippen molar-refractivity contribution in [1.82, 2.24) is 5.32 Å². The average molecular weight is 194 g/mol. The van der Waals surface area contributed by atoms with Gasteiger partial charge >= 0.3 is 0 Å². The van der Waals surface area contributed by atoms with Crippen molar-refractivity contribution < 1.29 is 4.39 Å². The molecule has 0 aliphatic carbocycles. The second-order valence-electron chi connectivity index (χ2n) is 3.81. The molecule has 1 heterocycles. The zero-order valence-corrected chi connectivity index (χ0v) is 8.04. The molecule has 1 aliphatic rings. The Kier molecular flexibility index (Phi) is 2.79. The second kappa shape index (κ2) is 4.07. The van der Waals surface area contributed by atoms with Gasteiger partial charge < -0.3 is 11.1 Å². The first-order valence-corrected chi connectivity index (χ1v) is 4.99. The van der Waals surface area contributed by atoms with Crippen molar-refractivity contribution in [2.45, 2.75) is 18.4 Å². The molecular formula is C11H15FN2. The van der Waals surface area contributed by atoms with Crippen molar-refractivity contribution >= 4 is 0 Å². The molecule has 1 fully saturated rings. The molecular weight excluding hydrogens is 179 g/mol. The number of rotatable bonds is 1. The summed E-state index contributed by atoms with van der Waals surface area (Å²) in [6.07, 6.45) is 1.03. The molecule has 14 heavy (non-hydrogen) atoms. The fraction of sp³-hybridized carbons (Fsp3) is 0.455. The highest BCUT2D eigenvalue weighted by Gasteiger charge is 2.22. The maximum atomic E-state index is 12.7. The molecule has 2 unspecified atom stereocenters. The Morgan fingerprint density at radius 1 is 1.29 bits per heavy atom. The summed E-state index contributed by atoms with van der Waals surface area (Å²) in [6, 6.07) is 6.83. The number of hydrogen-bond acceptors (Lipinski definition) is 2. The molecule has 1 aromatic carbocycles. The van der Waals surface area contributed by atoms with Gasteiger partial charge in [0.05, 0.1) is 0 Å². The first-order chi connectivity index (χ1) is 6.77. The van der Waals surface area contributed by atoms with E-state index < -0.39 is 0 Å². The SMILES string of the molecule is NC1CNCCC1c1ccc(F)cc1. The first kappa shape index (κ1) is 9.62. The number of benzene rings is 1. The van der Waals surface area contributed by atoms with Crippen LogP contribution in [0.3, 0.4) is 0 Å². The highest BCUT2D eigenvalue weighted by molar-refractivity contribution is 5.22. The van der Waals surface area contributed by atoms with Gasteiger partial charge in [-0.15, -0.1) is 0 Å². The van der Waals surface area contributed by atoms with Crippen LogP contribution in [0.4, 0.5) is 4.39 Å². The van der Waals surface area contributed by atoms with E-state index in [4.69, 9.17) is 5.73 Å². The van der Waals surface area contributed by atoms with Gasteiger partial charge in [-0.05, 0) is 30.7 Å². The highest BCUT2D eigenvalue weighted by Crippen LogP contribution is 2.24. The number of halogens is 1. The number of nitrogens with two attached hydrogens (primary N) is 1. The quantitative estimate of drug-likeness (QED) is 0.705. The lowest BCUT2D eigenvalue weighted by Crippen LogP contribution is -2.44. The topological polar surface area (TPSA) is 38.0 Å². The summed E-state index contributed by atoms with van der Waals surface area (Å²) in [5.41, 5.74) is 7.15. The van der Waals surface area contributed by atoms with E-state index in [1.165, 1.54) is 12.1 Å². The molecule has 1 aromatic rings. The summed E-state index contributed by atoms with van der Waals surface area (Å²) in [5.74, 6) is 0.188. The number of nitrogens with one attached hydrogen (secondary N) is 1. The van der Waals surface area contributed by atoms with E-state index in [1.54, 1.807) is 0 Å². The predicted molar refractivity (Wildman–Crippen MR) is 54.6 cm³/mol. The van der Waals surface area contributed by atoms with Gasteiger partial charge in [0.1, 0.15) is 5.82 Å². The minimum atomic E-state index is -0.184. The largest absolute Gasteiger partial charge is 0.326 e. The molecule has 3 N–H and O–H groups in total. The van der Waals surface area contributed by atoms with Crippen molar-refractivity contribution in [3.05, 3.63) is 35.6 Å². The van der Waals surface area contributed by atoms with Crippen molar-refractivity contribution in [3.63, 3.8) is 0 Å². The van der Waals surface area contributed by atoms with Gasteiger partial charge in [0, 0.05) is 18.5 Å². The summed E-state index contributed by atoms with van der Waals surface area (Å²) in [4.78, 5) is 0. The molecule has 1 aliphatic heterocycles. The van der Waals surface area contributed by atoms with Crippen molar-refractivity contribution in [3.8, 4) is 0 Å². The maximum absolute atomic E-state index is 12.7. The number of hydrogen-bond donors (Lipinski definition) is 2. The Morgan fingerprint density at radius 2 is 2.00 bits per heavy atom. The van der Waals surface area contributed by atoms with Crippen LogP contribution in [-0.4, -0.2) is 19.1 Å². The van der Waals surface area contributed by atoms with Crippen LogP contribution >= 0.6 is 0 Å². The molecule has 2 nitrogen and oxygen atoms in total. The maximum Gasteiger partial charge on any atom is 0.123 e. The van der Waals surface area contributed by atoms with E-state index in [1.807, 2.05) is 12.1 Å². The Hall–Kier alpha value is -0.930. The summed E-state index contributed by atoms with van der Waals surface area (Å²) in [5, 5.41) is 3.25. The van der Waals surface area contributed by atoms with Crippen LogP contribution in [0, 0.1) is 5.82 Å². The van der Waals surface area contributed by atoms with Gasteiger partial charge in [-0.25, -0.2) is 4.39 Å². The normalized spacial score (nSPS) is 27.6. The van der Waals surface area contributed by atoms with Crippen LogP contribution in [0.15, 0.2) is 24.3 Å². The van der Waals surface area contributed by atoms with Crippen LogP contribution in [0.1, 0.15) is 17.9 Å². The van der Waals surface area contributed by atoms with Gasteiger partial charge in [0.25, 0.3) is 0 Å². The number of piperidine rings is 1. The third kappa shape index (κ3) is 1.94. The van der Waals surface area contributed by atoms with Crippen molar-refractivity contribution in [2.75, 3.05) is 13.1 Å². The van der Waals surface area contributed by atoms with Gasteiger partial charge in [-0.2, -0.15) is 0 Å². The molecule has 0 saturated carbocycles. The summed E-state index contributed by atoms with van der Waals surface area (Å²) in [7, 11) is 0. The van der Waals surface area contributed by atoms with Crippen LogP contribution in [0.5, 0.6) is 0 Å². The smallest absolute Gasteiger partial charge is 0.123 e. The minimum Gasteiger partial charge on any atom is -0.326 e. The predicted octanol–water partition coefficient (Wildman–Crippen LogP) is 1.23. The van der Waals surface area contributed by atoms with E-state index in [0.29, 0.717) is 5.92 Å². The molecule has 0 amide bonds. The molecule has 76 valence electrons. The standard InChI is InChI=1S/C11H15FN2/c12-9-3-1-8(2-4-9)10-5-6-14-7-11(10)13/h1-4,10-11,14H,5-7,13H2. The monoisotopic (exact) mass is 194 g/mol. The van der Waals surface area contributed by atoms with E-state index in [-0.39, 0.29) is 11.9 Å². The summed E-state index contributed by atoms with van der Waals surface area (Å²) < 4.78 is 12.7. The van der Waals surface area contributed by atoms with Gasteiger partial charge in [0.15, 0.2) is 0 Å². The van der Waals surface area contributed by atoms with Crippen molar-refractivity contribution in [1.29, 1.82) is 0 Å². The van der Waals surface area contributed by atoms with Crippen LogP contribution in [0.2, 0.25) is 0 Å². The zero-order chi connectivity index (χ0) is 9.97. The molecule has 0 bridgehead atoms. The molecule has 0 spiro atoms. The Labute approximate surface area is 83.3 Å². The van der Waals surface area contributed by atoms with Gasteiger partial charge in [0.2, 0.25) is 0 Å². The van der Waals surface area contributed by atoms with Crippen LogP contribution < -0.4 is 11.1 Å². The Bertz CT molecular complexity index is 297. The lowest BCUT2D eigenvalue weighted by atomic mass is 9.87. The van der Waals surface area contributed by atoms with Crippen molar-refractivity contribution in [2.24, 2.45) is 5.73 Å². The third-order valence-corrected chi connectivity index (χ3v) is 2.83. The Morgan fingerprint density at radius 3 is 2.64 bits per heavy atom. The summed E-state index contributed by atoms with van der Waals surface area (Å²) >= 11 is 0. The summed E-state index contributed by atoms with van der Waals surface area (Å²) in [6.45, 7) is 1.85. The molecule has 3 heteroatoms. The first-order valence-electron chi connectivity index (χ1n) is 4.99. The van der Waals surface area contributed by atoms with E-state index in [9.17, 15) is 4.39 Å². The molecule has 2 rings (SSSR count). The third-order valence-electron chi connectivity index (χ3n) is 2.83. The van der Waals surface area contributed by atoms with Crippen LogP contribution in [0.25, 0.3) is 0 Å². The van der Waals surface area contributed by atoms with E-state index in [0.717, 1.165) is 25.1 Å². The van der Waals surface area contributed by atoms with E-state index in [2.05, 4.69) is 5.32 Å². The molecule has 0 aromatic heterocycles. The Balaban J connectivity index is 2.16. The lowest BCUT2D eigenvalue weighted by Gasteiger charge is -2.29. The fourth-order valence-corrected chi connectivity index (χ4v) is 2.01. The van der Waals surface area contributed by atoms with Crippen LogP contribution in [-0.2, 0) is 0 Å². The average Bonchev–Trinajstić information content (AvgIpc) is 2.20. The fourth-order valence-electron chi connectivity index (χ4n) is 2.01. The zero-order valence-electron chi connectivity index (χ0n) is 8.04. The molecule has 2 atom stereocenters. The van der Waals surface area contributed by atoms with E-state index >= 15 is 0 Å². The molecule has 0 radical (unpaired) electrons.